The van der Waals surface area contributed by atoms with Crippen LogP contribution >= 0.6 is 0 Å². The molecule has 0 aromatic heterocycles. The zero-order valence-corrected chi connectivity index (χ0v) is 8.39. The van der Waals surface area contributed by atoms with Crippen molar-refractivity contribution in [3.05, 3.63) is 0 Å². The fraction of sp³-hybridized carbons (Fsp3) is 1.00. The van der Waals surface area contributed by atoms with Gasteiger partial charge >= 0.3 is 29.2 Å². The summed E-state index contributed by atoms with van der Waals surface area (Å²) in [5.41, 5.74) is 0. The van der Waals surface area contributed by atoms with E-state index in [4.69, 9.17) is 0 Å². The molecule has 0 aliphatic heterocycles. The molecule has 0 amide bonds. The molecule has 0 fully saturated rings. The van der Waals surface area contributed by atoms with E-state index in [2.05, 4.69) is 4.65 Å². The van der Waals surface area contributed by atoms with Crippen LogP contribution < -0.4 is 10.0 Å². The minimum Gasteiger partial charge on any atom is -0.871 e. The molecule has 3 nitrogen and oxygen atoms in total. The molecule has 8 heteroatoms. The summed E-state index contributed by atoms with van der Waals surface area (Å²) in [6, 6.07) is 0. The molecule has 0 rings (SSSR count). The van der Waals surface area contributed by atoms with Crippen molar-refractivity contribution < 1.29 is 27.9 Å². The molecule has 0 spiro atoms. The van der Waals surface area contributed by atoms with Gasteiger partial charge < -0.3 is 14.7 Å². The smallest absolute Gasteiger partial charge is 0.871 e. The predicted molar refractivity (Wildman–Crippen MR) is 37.4 cm³/mol. The van der Waals surface area contributed by atoms with E-state index in [0.29, 0.717) is 0 Å². The van der Waals surface area contributed by atoms with Crippen molar-refractivity contribution in [1.82, 2.24) is 0 Å². The fourth-order valence-electron chi connectivity index (χ4n) is 0.607. The zero-order valence-electron chi connectivity index (χ0n) is 6.97. The first kappa shape index (κ1) is 16.0. The Morgan fingerprint density at radius 1 is 1.15 bits per heavy atom. The first-order chi connectivity index (χ1) is 5.42. The molecule has 0 unspecified atom stereocenters. The number of halogens is 3. The van der Waals surface area contributed by atoms with E-state index >= 15 is 0 Å². The Balaban J connectivity index is 0. The molecule has 0 aromatic rings. The normalized spacial score (nSPS) is 10.8. The second-order valence-corrected chi connectivity index (χ2v) is 2.23. The summed E-state index contributed by atoms with van der Waals surface area (Å²) in [5.74, 6) is 0. The van der Waals surface area contributed by atoms with Crippen LogP contribution in [0, 0.1) is 0 Å². The quantitative estimate of drug-likeness (QED) is 0.433. The van der Waals surface area contributed by atoms with Gasteiger partial charge in [-0.05, 0) is 12.8 Å². The van der Waals surface area contributed by atoms with Crippen molar-refractivity contribution in [3.63, 3.8) is 0 Å². The molecule has 0 saturated carbocycles. The van der Waals surface area contributed by atoms with Crippen LogP contribution in [0.15, 0.2) is 0 Å². The minimum atomic E-state index is -4.17. The molecular formula is C5H8BF3MgO3. The van der Waals surface area contributed by atoms with Crippen LogP contribution in [-0.2, 0) is 4.65 Å². The fourth-order valence-corrected chi connectivity index (χ4v) is 0.607. The Morgan fingerprint density at radius 2 is 1.69 bits per heavy atom. The number of unbranched alkanes of at least 4 members (excludes halogenated alkanes) is 1. The summed E-state index contributed by atoms with van der Waals surface area (Å²) in [4.78, 5) is 0. The van der Waals surface area contributed by atoms with E-state index in [1.165, 1.54) is 0 Å². The van der Waals surface area contributed by atoms with Crippen LogP contribution in [0.4, 0.5) is 13.2 Å². The molecule has 0 aliphatic carbocycles. The summed E-state index contributed by atoms with van der Waals surface area (Å²) >= 11 is 0. The van der Waals surface area contributed by atoms with Gasteiger partial charge in [0.2, 0.25) is 0 Å². The number of rotatable bonds is 5. The minimum absolute atomic E-state index is 0. The van der Waals surface area contributed by atoms with Gasteiger partial charge in [-0.15, -0.1) is 0 Å². The van der Waals surface area contributed by atoms with Gasteiger partial charge in [0, 0.05) is 13.0 Å². The van der Waals surface area contributed by atoms with Crippen molar-refractivity contribution in [3.8, 4) is 0 Å². The maximum absolute atomic E-state index is 11.5. The molecule has 0 bridgehead atoms. The Labute approximate surface area is 90.6 Å². The van der Waals surface area contributed by atoms with E-state index < -0.39 is 19.9 Å². The van der Waals surface area contributed by atoms with Crippen molar-refractivity contribution in [2.45, 2.75) is 25.4 Å². The summed E-state index contributed by atoms with van der Waals surface area (Å²) in [6.07, 6.45) is -5.11. The van der Waals surface area contributed by atoms with E-state index in [9.17, 15) is 23.2 Å². The molecule has 0 radical (unpaired) electrons. The average Bonchev–Trinajstić information content (AvgIpc) is 1.83. The van der Waals surface area contributed by atoms with Gasteiger partial charge in [-0.25, -0.2) is 0 Å². The largest absolute Gasteiger partial charge is 2.00 e. The third-order valence-electron chi connectivity index (χ3n) is 1.11. The molecule has 0 N–H and O–H groups in total. The first-order valence-corrected chi connectivity index (χ1v) is 3.42. The summed E-state index contributed by atoms with van der Waals surface area (Å²) in [5, 5.41) is 19.4. The maximum Gasteiger partial charge on any atom is 2.00 e. The third-order valence-corrected chi connectivity index (χ3v) is 1.11. The average molecular weight is 208 g/mol. The molecule has 0 heterocycles. The molecular weight excluding hydrogens is 200 g/mol. The van der Waals surface area contributed by atoms with E-state index in [1.54, 1.807) is 0 Å². The van der Waals surface area contributed by atoms with Gasteiger partial charge in [0.15, 0.2) is 0 Å². The van der Waals surface area contributed by atoms with Gasteiger partial charge in [-0.2, -0.15) is 13.2 Å². The van der Waals surface area contributed by atoms with Crippen molar-refractivity contribution >= 4 is 30.4 Å². The van der Waals surface area contributed by atoms with Gasteiger partial charge in [-0.3, -0.25) is 0 Å². The maximum atomic E-state index is 11.5. The zero-order chi connectivity index (χ0) is 9.61. The van der Waals surface area contributed by atoms with Gasteiger partial charge in [-0.1, -0.05) is 0 Å². The summed E-state index contributed by atoms with van der Waals surface area (Å²) in [7, 11) is -2.39. The predicted octanol–water partition coefficient (Wildman–Crippen LogP) is -0.940. The van der Waals surface area contributed by atoms with Gasteiger partial charge in [0.1, 0.15) is 0 Å². The molecule has 0 atom stereocenters. The summed E-state index contributed by atoms with van der Waals surface area (Å²) < 4.78 is 38.4. The number of hydrogen-bond acceptors (Lipinski definition) is 3. The molecule has 0 aliphatic rings. The van der Waals surface area contributed by atoms with Crippen LogP contribution in [0.5, 0.6) is 0 Å². The SMILES string of the molecule is [Mg+2].[O-]B([O-])OCCCCC(F)(F)F. The van der Waals surface area contributed by atoms with Gasteiger partial charge in [0.05, 0.1) is 7.32 Å². The van der Waals surface area contributed by atoms with Crippen LogP contribution in [-0.4, -0.2) is 43.2 Å². The first-order valence-electron chi connectivity index (χ1n) is 3.42. The second-order valence-electron chi connectivity index (χ2n) is 2.23. The van der Waals surface area contributed by atoms with Gasteiger partial charge in [0.25, 0.3) is 0 Å². The van der Waals surface area contributed by atoms with Crippen molar-refractivity contribution in [1.29, 1.82) is 0 Å². The molecule has 0 aromatic carbocycles. The van der Waals surface area contributed by atoms with Crippen molar-refractivity contribution in [2.75, 3.05) is 6.61 Å². The van der Waals surface area contributed by atoms with Crippen LogP contribution in [0.25, 0.3) is 0 Å². The molecule has 72 valence electrons. The van der Waals surface area contributed by atoms with Crippen LogP contribution in [0.2, 0.25) is 0 Å². The third kappa shape index (κ3) is 15.3. The Morgan fingerprint density at radius 3 is 2.08 bits per heavy atom. The van der Waals surface area contributed by atoms with E-state index in [1.807, 2.05) is 0 Å². The van der Waals surface area contributed by atoms with E-state index in [0.717, 1.165) is 0 Å². The summed E-state index contributed by atoms with van der Waals surface area (Å²) in [6.45, 7) is -0.201. The Hall–Kier alpha value is 0.501. The molecule has 13 heavy (non-hydrogen) atoms. The Kier molecular flexibility index (Phi) is 9.65. The standard InChI is InChI=1S/C5H8BF3O3.Mg/c7-5(8,9)3-1-2-4-12-6(10)11;/h1-4H2;/q-2;+2. The van der Waals surface area contributed by atoms with Crippen molar-refractivity contribution in [2.24, 2.45) is 0 Å². The number of hydrogen-bond donors (Lipinski definition) is 0. The number of alkyl halides is 3. The van der Waals surface area contributed by atoms with E-state index in [-0.39, 0.29) is 42.5 Å². The molecule has 0 saturated heterocycles. The van der Waals surface area contributed by atoms with Crippen LogP contribution in [0.1, 0.15) is 19.3 Å². The Bertz CT molecular complexity index is 122. The van der Waals surface area contributed by atoms with Crippen LogP contribution in [0.3, 0.4) is 0 Å². The monoisotopic (exact) mass is 208 g/mol. The topological polar surface area (TPSA) is 55.3 Å². The second kappa shape index (κ2) is 7.86.